The number of hydrogen-bond acceptors (Lipinski definition) is 7. The first kappa shape index (κ1) is 23.4. The van der Waals surface area contributed by atoms with Gasteiger partial charge < -0.3 is 19.4 Å². The van der Waals surface area contributed by atoms with Crippen LogP contribution in [0.2, 0.25) is 10.0 Å². The van der Waals surface area contributed by atoms with Crippen LogP contribution in [0.1, 0.15) is 18.1 Å². The summed E-state index contributed by atoms with van der Waals surface area (Å²) in [5, 5.41) is 12.2. The van der Waals surface area contributed by atoms with E-state index in [9.17, 15) is 14.7 Å². The maximum absolute atomic E-state index is 12.6. The number of halogens is 2. The highest BCUT2D eigenvalue weighted by Gasteiger charge is 2.35. The molecule has 1 atom stereocenters. The minimum Gasteiger partial charge on any atom is -0.548 e. The van der Waals surface area contributed by atoms with Crippen LogP contribution in [-0.2, 0) is 16.2 Å². The van der Waals surface area contributed by atoms with Crippen molar-refractivity contribution >= 4 is 69.5 Å². The van der Waals surface area contributed by atoms with Crippen LogP contribution in [0.15, 0.2) is 41.3 Å². The van der Waals surface area contributed by atoms with E-state index >= 15 is 0 Å². The van der Waals surface area contributed by atoms with Crippen molar-refractivity contribution in [2.24, 2.45) is 0 Å². The van der Waals surface area contributed by atoms with Gasteiger partial charge in [-0.3, -0.25) is 9.69 Å². The van der Waals surface area contributed by atoms with E-state index in [-0.39, 0.29) is 10.9 Å². The number of nitrogens with zero attached hydrogens (tertiary/aromatic N) is 1. The zero-order valence-corrected chi connectivity index (χ0v) is 19.5. The fourth-order valence-electron chi connectivity index (χ4n) is 2.76. The van der Waals surface area contributed by atoms with Crippen LogP contribution in [0.3, 0.4) is 0 Å². The summed E-state index contributed by atoms with van der Waals surface area (Å²) in [6.45, 7) is 1.57. The standard InChI is InChI=1S/C21H17Cl2NO5S2/c1-11(20(26)27)24-19(25)18(31-21(24)30)8-12-3-6-16(17(7-12)28-2)29-10-13-4-5-14(22)9-15(13)23/h3-9,11H,10H2,1-2H3,(H,26,27)/p-1. The van der Waals surface area contributed by atoms with Crippen LogP contribution in [0.4, 0.5) is 0 Å². The third kappa shape index (κ3) is 5.33. The lowest BCUT2D eigenvalue weighted by Crippen LogP contribution is -2.48. The first-order valence-corrected chi connectivity index (χ1v) is 10.9. The van der Waals surface area contributed by atoms with Crippen LogP contribution in [0.25, 0.3) is 6.08 Å². The van der Waals surface area contributed by atoms with Crippen molar-refractivity contribution in [2.45, 2.75) is 19.6 Å². The first-order chi connectivity index (χ1) is 14.7. The number of thioether (sulfide) groups is 1. The topological polar surface area (TPSA) is 78.9 Å². The number of methoxy groups -OCH3 is 1. The fourth-order valence-corrected chi connectivity index (χ4v) is 4.64. The number of thiocarbonyl (C=S) groups is 1. The van der Waals surface area contributed by atoms with Gasteiger partial charge in [-0.1, -0.05) is 59.3 Å². The normalized spacial score (nSPS) is 16.0. The number of amides is 1. The number of carboxylic acids is 1. The molecule has 1 heterocycles. The summed E-state index contributed by atoms with van der Waals surface area (Å²) in [5.41, 5.74) is 1.43. The van der Waals surface area contributed by atoms with Crippen molar-refractivity contribution in [3.63, 3.8) is 0 Å². The highest BCUT2D eigenvalue weighted by Crippen LogP contribution is 2.36. The first-order valence-electron chi connectivity index (χ1n) is 8.94. The molecule has 0 spiro atoms. The van der Waals surface area contributed by atoms with Gasteiger partial charge in [0.25, 0.3) is 5.91 Å². The van der Waals surface area contributed by atoms with E-state index < -0.39 is 17.9 Å². The lowest BCUT2D eigenvalue weighted by Gasteiger charge is -2.23. The Kier molecular flexibility index (Phi) is 7.48. The third-order valence-electron chi connectivity index (χ3n) is 4.44. The number of rotatable bonds is 7. The minimum absolute atomic E-state index is 0.166. The van der Waals surface area contributed by atoms with Gasteiger partial charge in [-0.15, -0.1) is 0 Å². The molecule has 2 aromatic rings. The van der Waals surface area contributed by atoms with E-state index in [0.717, 1.165) is 22.2 Å². The highest BCUT2D eigenvalue weighted by atomic mass is 35.5. The van der Waals surface area contributed by atoms with Gasteiger partial charge in [0.05, 0.1) is 24.0 Å². The molecular formula is C21H16Cl2NO5S2-. The van der Waals surface area contributed by atoms with Gasteiger partial charge in [0.15, 0.2) is 11.5 Å². The molecule has 1 aliphatic heterocycles. The Hall–Kier alpha value is -2.26. The minimum atomic E-state index is -1.37. The number of carbonyl (C=O) groups excluding carboxylic acids is 2. The molecule has 2 aromatic carbocycles. The third-order valence-corrected chi connectivity index (χ3v) is 6.35. The van der Waals surface area contributed by atoms with Gasteiger partial charge in [0.2, 0.25) is 0 Å². The Morgan fingerprint density at radius 1 is 1.26 bits per heavy atom. The molecule has 1 unspecified atom stereocenters. The van der Waals surface area contributed by atoms with Crippen LogP contribution >= 0.6 is 47.2 Å². The smallest absolute Gasteiger partial charge is 0.266 e. The zero-order valence-electron chi connectivity index (χ0n) is 16.4. The molecule has 0 N–H and O–H groups in total. The molecule has 1 saturated heterocycles. The van der Waals surface area contributed by atoms with E-state index in [4.69, 9.17) is 44.9 Å². The second-order valence-corrected chi connectivity index (χ2v) is 9.00. The maximum atomic E-state index is 12.6. The molecular weight excluding hydrogens is 481 g/mol. The van der Waals surface area contributed by atoms with Crippen LogP contribution in [-0.4, -0.2) is 34.2 Å². The largest absolute Gasteiger partial charge is 0.548 e. The van der Waals surface area contributed by atoms with E-state index in [1.54, 1.807) is 42.5 Å². The summed E-state index contributed by atoms with van der Waals surface area (Å²) in [4.78, 5) is 25.1. The van der Waals surface area contributed by atoms with Gasteiger partial charge in [-0.25, -0.2) is 0 Å². The lowest BCUT2D eigenvalue weighted by molar-refractivity contribution is -0.309. The quantitative estimate of drug-likeness (QED) is 0.424. The van der Waals surface area contributed by atoms with E-state index in [1.807, 2.05) is 0 Å². The van der Waals surface area contributed by atoms with E-state index in [2.05, 4.69) is 0 Å². The predicted octanol–water partition coefficient (Wildman–Crippen LogP) is 3.92. The molecule has 0 aromatic heterocycles. The number of ether oxygens (including phenoxy) is 2. The zero-order chi connectivity index (χ0) is 22.7. The fraction of sp³-hybridized carbons (Fsp3) is 0.190. The average Bonchev–Trinajstić information content (AvgIpc) is 3.00. The Bertz CT molecular complexity index is 1090. The summed E-state index contributed by atoms with van der Waals surface area (Å²) < 4.78 is 11.4. The van der Waals surface area contributed by atoms with E-state index in [1.165, 1.54) is 14.0 Å². The second kappa shape index (κ2) is 9.91. The van der Waals surface area contributed by atoms with E-state index in [0.29, 0.717) is 32.0 Å². The van der Waals surface area contributed by atoms with Crippen molar-refractivity contribution in [1.82, 2.24) is 4.90 Å². The molecule has 0 saturated carbocycles. The monoisotopic (exact) mass is 496 g/mol. The molecule has 1 aliphatic rings. The summed E-state index contributed by atoms with van der Waals surface area (Å²) >= 11 is 18.3. The van der Waals surface area contributed by atoms with Crippen molar-refractivity contribution < 1.29 is 24.2 Å². The lowest BCUT2D eigenvalue weighted by atomic mass is 10.1. The maximum Gasteiger partial charge on any atom is 0.266 e. The summed E-state index contributed by atoms with van der Waals surface area (Å²) in [5.74, 6) is -0.911. The van der Waals surface area contributed by atoms with Crippen molar-refractivity contribution in [3.05, 3.63) is 62.5 Å². The van der Waals surface area contributed by atoms with Crippen molar-refractivity contribution in [3.8, 4) is 11.5 Å². The SMILES string of the molecule is COc1cc(C=C2SC(=S)N(C(C)C(=O)[O-])C2=O)ccc1OCc1ccc(Cl)cc1Cl. The van der Waals surface area contributed by atoms with Gasteiger partial charge in [-0.2, -0.15) is 0 Å². The molecule has 0 aliphatic carbocycles. The second-order valence-electron chi connectivity index (χ2n) is 6.48. The number of aliphatic carboxylic acids is 1. The molecule has 3 rings (SSSR count). The van der Waals surface area contributed by atoms with Gasteiger partial charge in [0, 0.05) is 15.6 Å². The number of hydrogen-bond donors (Lipinski definition) is 0. The molecule has 31 heavy (non-hydrogen) atoms. The Morgan fingerprint density at radius 3 is 2.65 bits per heavy atom. The Morgan fingerprint density at radius 2 is 2.00 bits per heavy atom. The van der Waals surface area contributed by atoms with Gasteiger partial charge in [-0.05, 0) is 42.8 Å². The molecule has 0 radical (unpaired) electrons. The highest BCUT2D eigenvalue weighted by molar-refractivity contribution is 8.26. The molecule has 0 bridgehead atoms. The summed E-state index contributed by atoms with van der Waals surface area (Å²) in [6, 6.07) is 9.15. The summed E-state index contributed by atoms with van der Waals surface area (Å²) in [7, 11) is 1.50. The van der Waals surface area contributed by atoms with Crippen molar-refractivity contribution in [2.75, 3.05) is 7.11 Å². The predicted molar refractivity (Wildman–Crippen MR) is 123 cm³/mol. The van der Waals surface area contributed by atoms with Gasteiger partial charge >= 0.3 is 0 Å². The van der Waals surface area contributed by atoms with Crippen molar-refractivity contribution in [1.29, 1.82) is 0 Å². The number of carboxylic acid groups (broad SMARTS) is 1. The molecule has 162 valence electrons. The molecule has 1 amide bonds. The Labute approximate surface area is 198 Å². The van der Waals surface area contributed by atoms with Gasteiger partial charge in [0.1, 0.15) is 10.9 Å². The molecule has 6 nitrogen and oxygen atoms in total. The number of carbonyl (C=O) groups is 2. The summed E-state index contributed by atoms with van der Waals surface area (Å²) in [6.07, 6.45) is 1.61. The van der Waals surface area contributed by atoms with Crippen LogP contribution in [0, 0.1) is 0 Å². The molecule has 10 heteroatoms. The molecule has 1 fully saturated rings. The van der Waals surface area contributed by atoms with Crippen LogP contribution < -0.4 is 14.6 Å². The number of benzene rings is 2. The Balaban J connectivity index is 1.79. The average molecular weight is 497 g/mol. The van der Waals surface area contributed by atoms with Crippen LogP contribution in [0.5, 0.6) is 11.5 Å².